The van der Waals surface area contributed by atoms with Crippen molar-refractivity contribution in [3.63, 3.8) is 0 Å². The van der Waals surface area contributed by atoms with E-state index < -0.39 is 0 Å². The summed E-state index contributed by atoms with van der Waals surface area (Å²) < 4.78 is 0. The first-order chi connectivity index (χ1) is 5.86. The van der Waals surface area contributed by atoms with Crippen LogP contribution in [0.5, 0.6) is 0 Å². The van der Waals surface area contributed by atoms with Crippen LogP contribution in [0.4, 0.5) is 0 Å². The van der Waals surface area contributed by atoms with Gasteiger partial charge < -0.3 is 0 Å². The zero-order valence-electron chi connectivity index (χ0n) is 7.75. The molecule has 1 aliphatic carbocycles. The molecule has 0 aromatic rings. The Labute approximate surface area is 74.1 Å². The number of nitrogens with zero attached hydrogens (tertiary/aromatic N) is 1. The van der Waals surface area contributed by atoms with E-state index in [1.165, 1.54) is 32.1 Å². The number of hydrogen-bond acceptors (Lipinski definition) is 2. The lowest BCUT2D eigenvalue weighted by atomic mass is 9.80. The molecule has 0 saturated heterocycles. The van der Waals surface area contributed by atoms with E-state index >= 15 is 0 Å². The molecule has 12 heavy (non-hydrogen) atoms. The normalized spacial score (nSPS) is 29.4. The number of rotatable bonds is 3. The second-order valence-electron chi connectivity index (χ2n) is 3.74. The molecule has 0 aliphatic heterocycles. The maximum absolute atomic E-state index is 9.91. The highest BCUT2D eigenvalue weighted by molar-refractivity contribution is 5.32. The van der Waals surface area contributed by atoms with E-state index in [1.54, 1.807) is 6.08 Å². The highest BCUT2D eigenvalue weighted by Crippen LogP contribution is 2.30. The van der Waals surface area contributed by atoms with Crippen LogP contribution in [0.1, 0.15) is 39.0 Å². The fraction of sp³-hybridized carbons (Fsp3) is 0.900. The summed E-state index contributed by atoms with van der Waals surface area (Å²) in [7, 11) is 0. The predicted molar refractivity (Wildman–Crippen MR) is 48.7 cm³/mol. The lowest BCUT2D eigenvalue weighted by Crippen LogP contribution is -2.17. The molecule has 0 radical (unpaired) electrons. The first kappa shape index (κ1) is 9.47. The number of isocyanates is 1. The molecule has 1 saturated carbocycles. The molecule has 0 aromatic carbocycles. The lowest BCUT2D eigenvalue weighted by Gasteiger charge is -2.26. The van der Waals surface area contributed by atoms with Crippen LogP contribution in [0.3, 0.4) is 0 Å². The number of hydrogen-bond donors (Lipinski definition) is 0. The van der Waals surface area contributed by atoms with Gasteiger partial charge in [0.05, 0.1) is 6.54 Å². The highest BCUT2D eigenvalue weighted by Gasteiger charge is 2.19. The van der Waals surface area contributed by atoms with Gasteiger partial charge in [0.2, 0.25) is 6.08 Å². The van der Waals surface area contributed by atoms with Crippen LogP contribution < -0.4 is 0 Å². The van der Waals surface area contributed by atoms with Crippen molar-refractivity contribution >= 4 is 6.08 Å². The molecule has 2 unspecified atom stereocenters. The molecule has 1 rings (SSSR count). The van der Waals surface area contributed by atoms with Crippen molar-refractivity contribution in [2.75, 3.05) is 6.54 Å². The maximum atomic E-state index is 9.91. The van der Waals surface area contributed by atoms with Crippen LogP contribution in [0.2, 0.25) is 0 Å². The molecular weight excluding hydrogens is 150 g/mol. The zero-order valence-corrected chi connectivity index (χ0v) is 7.75. The van der Waals surface area contributed by atoms with Crippen LogP contribution in [0, 0.1) is 11.8 Å². The SMILES string of the molecule is CCC1CCCC(CN=C=O)C1. The molecule has 2 atom stereocenters. The molecule has 0 aromatic heterocycles. The van der Waals surface area contributed by atoms with Crippen molar-refractivity contribution in [3.8, 4) is 0 Å². The van der Waals surface area contributed by atoms with E-state index in [4.69, 9.17) is 0 Å². The Balaban J connectivity index is 2.30. The Morgan fingerprint density at radius 1 is 1.42 bits per heavy atom. The van der Waals surface area contributed by atoms with Crippen molar-refractivity contribution in [1.29, 1.82) is 0 Å². The minimum absolute atomic E-state index is 0.658. The third-order valence-electron chi connectivity index (χ3n) is 2.88. The van der Waals surface area contributed by atoms with Crippen LogP contribution in [0.25, 0.3) is 0 Å². The van der Waals surface area contributed by atoms with Crippen LogP contribution in [-0.2, 0) is 4.79 Å². The monoisotopic (exact) mass is 167 g/mol. The molecule has 0 heterocycles. The standard InChI is InChI=1S/C10H17NO/c1-2-9-4-3-5-10(6-9)7-11-8-12/h9-10H,2-7H2,1H3. The molecule has 1 aliphatic rings. The number of aliphatic imine (C=N–C) groups is 1. The summed E-state index contributed by atoms with van der Waals surface area (Å²) in [5.41, 5.74) is 0. The van der Waals surface area contributed by atoms with Gasteiger partial charge in [-0.15, -0.1) is 0 Å². The van der Waals surface area contributed by atoms with Gasteiger partial charge in [0.25, 0.3) is 0 Å². The van der Waals surface area contributed by atoms with E-state index in [2.05, 4.69) is 11.9 Å². The summed E-state index contributed by atoms with van der Waals surface area (Å²) in [6.07, 6.45) is 8.11. The van der Waals surface area contributed by atoms with Gasteiger partial charge in [-0.25, -0.2) is 9.79 Å². The predicted octanol–water partition coefficient (Wildman–Crippen LogP) is 2.54. The smallest absolute Gasteiger partial charge is 0.211 e. The Morgan fingerprint density at radius 2 is 2.17 bits per heavy atom. The summed E-state index contributed by atoms with van der Waals surface area (Å²) in [5, 5.41) is 0. The van der Waals surface area contributed by atoms with E-state index in [1.807, 2.05) is 0 Å². The minimum Gasteiger partial charge on any atom is -0.211 e. The second kappa shape index (κ2) is 5.10. The largest absolute Gasteiger partial charge is 0.234 e. The van der Waals surface area contributed by atoms with Gasteiger partial charge in [-0.3, -0.25) is 0 Å². The Hall–Kier alpha value is -0.620. The van der Waals surface area contributed by atoms with E-state index in [0.717, 1.165) is 5.92 Å². The van der Waals surface area contributed by atoms with E-state index in [0.29, 0.717) is 12.5 Å². The van der Waals surface area contributed by atoms with E-state index in [-0.39, 0.29) is 0 Å². The summed E-state index contributed by atoms with van der Waals surface area (Å²) in [4.78, 5) is 13.6. The number of carbonyl (C=O) groups excluding carboxylic acids is 1. The van der Waals surface area contributed by atoms with Gasteiger partial charge in [0.15, 0.2) is 0 Å². The van der Waals surface area contributed by atoms with Crippen LogP contribution >= 0.6 is 0 Å². The molecule has 0 bridgehead atoms. The third kappa shape index (κ3) is 2.78. The first-order valence-corrected chi connectivity index (χ1v) is 4.90. The average Bonchev–Trinajstić information content (AvgIpc) is 2.15. The van der Waals surface area contributed by atoms with Crippen LogP contribution in [0.15, 0.2) is 4.99 Å². The first-order valence-electron chi connectivity index (χ1n) is 4.90. The molecular formula is C10H17NO. The molecule has 0 N–H and O–H groups in total. The summed E-state index contributed by atoms with van der Waals surface area (Å²) in [6, 6.07) is 0. The van der Waals surface area contributed by atoms with Crippen molar-refractivity contribution in [3.05, 3.63) is 0 Å². The molecule has 68 valence electrons. The Bertz CT molecular complexity index is 173. The topological polar surface area (TPSA) is 29.4 Å². The summed E-state index contributed by atoms with van der Waals surface area (Å²) in [6.45, 7) is 2.95. The van der Waals surface area contributed by atoms with Gasteiger partial charge >= 0.3 is 0 Å². The fourth-order valence-corrected chi connectivity index (χ4v) is 2.11. The van der Waals surface area contributed by atoms with Crippen molar-refractivity contribution in [2.45, 2.75) is 39.0 Å². The quantitative estimate of drug-likeness (QED) is 0.469. The van der Waals surface area contributed by atoms with Gasteiger partial charge in [-0.1, -0.05) is 26.2 Å². The molecule has 2 heteroatoms. The lowest BCUT2D eigenvalue weighted by molar-refractivity contribution is 0.266. The Kier molecular flexibility index (Phi) is 4.02. The minimum atomic E-state index is 0.658. The highest BCUT2D eigenvalue weighted by atomic mass is 16.1. The molecule has 1 fully saturated rings. The fourth-order valence-electron chi connectivity index (χ4n) is 2.11. The van der Waals surface area contributed by atoms with Gasteiger partial charge in [-0.05, 0) is 24.7 Å². The average molecular weight is 167 g/mol. The van der Waals surface area contributed by atoms with Crippen molar-refractivity contribution < 1.29 is 4.79 Å². The molecule has 2 nitrogen and oxygen atoms in total. The summed E-state index contributed by atoms with van der Waals surface area (Å²) >= 11 is 0. The summed E-state index contributed by atoms with van der Waals surface area (Å²) in [5.74, 6) is 1.54. The third-order valence-corrected chi connectivity index (χ3v) is 2.88. The second-order valence-corrected chi connectivity index (χ2v) is 3.74. The van der Waals surface area contributed by atoms with Crippen LogP contribution in [-0.4, -0.2) is 12.6 Å². The van der Waals surface area contributed by atoms with Crippen molar-refractivity contribution in [1.82, 2.24) is 0 Å². The van der Waals surface area contributed by atoms with E-state index in [9.17, 15) is 4.79 Å². The van der Waals surface area contributed by atoms with Gasteiger partial charge in [0.1, 0.15) is 0 Å². The molecule has 0 amide bonds. The van der Waals surface area contributed by atoms with Crippen molar-refractivity contribution in [2.24, 2.45) is 16.8 Å². The maximum Gasteiger partial charge on any atom is 0.234 e. The van der Waals surface area contributed by atoms with Gasteiger partial charge in [0, 0.05) is 0 Å². The molecule has 0 spiro atoms. The van der Waals surface area contributed by atoms with Gasteiger partial charge in [-0.2, -0.15) is 0 Å². The zero-order chi connectivity index (χ0) is 8.81. The Morgan fingerprint density at radius 3 is 2.83 bits per heavy atom.